The highest BCUT2D eigenvalue weighted by Crippen LogP contribution is 2.21. The second-order valence-electron chi connectivity index (χ2n) is 5.08. The summed E-state index contributed by atoms with van der Waals surface area (Å²) >= 11 is 0. The number of benzene rings is 1. The number of nitrogens with zero attached hydrogens (tertiary/aromatic N) is 1. The monoisotopic (exact) mass is 273 g/mol. The van der Waals surface area contributed by atoms with E-state index in [-0.39, 0.29) is 17.9 Å². The molecule has 3 atom stereocenters. The maximum atomic E-state index is 12.3. The van der Waals surface area contributed by atoms with E-state index in [1.54, 1.807) is 18.9 Å². The SMILES string of the molecule is CC#CCC(C)C(=O)N(C)[C@H](C)[C@H](O)c1ccccc1. The van der Waals surface area contributed by atoms with Crippen LogP contribution in [0.15, 0.2) is 30.3 Å². The molecular weight excluding hydrogens is 250 g/mol. The predicted octanol–water partition coefficient (Wildman–Crippen LogP) is 2.62. The smallest absolute Gasteiger partial charge is 0.226 e. The van der Waals surface area contributed by atoms with E-state index >= 15 is 0 Å². The minimum atomic E-state index is -0.686. The van der Waals surface area contributed by atoms with Crippen molar-refractivity contribution in [3.63, 3.8) is 0 Å². The fourth-order valence-corrected chi connectivity index (χ4v) is 2.03. The molecule has 0 heterocycles. The zero-order valence-corrected chi connectivity index (χ0v) is 12.6. The molecule has 1 aromatic carbocycles. The van der Waals surface area contributed by atoms with Gasteiger partial charge in [-0.2, -0.15) is 0 Å². The average Bonchev–Trinajstić information content (AvgIpc) is 2.50. The van der Waals surface area contributed by atoms with Gasteiger partial charge in [-0.3, -0.25) is 4.79 Å². The molecule has 20 heavy (non-hydrogen) atoms. The van der Waals surface area contributed by atoms with E-state index in [2.05, 4.69) is 11.8 Å². The molecule has 108 valence electrons. The molecule has 1 amide bonds. The number of carbonyl (C=O) groups excluding carboxylic acids is 1. The second-order valence-corrected chi connectivity index (χ2v) is 5.08. The van der Waals surface area contributed by atoms with Crippen LogP contribution in [-0.2, 0) is 4.79 Å². The van der Waals surface area contributed by atoms with Crippen molar-refractivity contribution in [1.29, 1.82) is 0 Å². The van der Waals surface area contributed by atoms with Crippen LogP contribution in [0.5, 0.6) is 0 Å². The number of aliphatic hydroxyl groups is 1. The maximum Gasteiger partial charge on any atom is 0.226 e. The summed E-state index contributed by atoms with van der Waals surface area (Å²) in [6.07, 6.45) is -0.136. The summed E-state index contributed by atoms with van der Waals surface area (Å²) in [4.78, 5) is 13.9. The van der Waals surface area contributed by atoms with Gasteiger partial charge < -0.3 is 10.0 Å². The molecule has 0 aromatic heterocycles. The summed E-state index contributed by atoms with van der Waals surface area (Å²) in [6.45, 7) is 5.49. The van der Waals surface area contributed by atoms with Gasteiger partial charge in [0.1, 0.15) is 0 Å². The Labute approximate surface area is 121 Å². The van der Waals surface area contributed by atoms with Gasteiger partial charge in [-0.05, 0) is 19.4 Å². The van der Waals surface area contributed by atoms with Crippen molar-refractivity contribution >= 4 is 5.91 Å². The Bertz CT molecular complexity index is 487. The largest absolute Gasteiger partial charge is 0.386 e. The summed E-state index contributed by atoms with van der Waals surface area (Å²) in [5, 5.41) is 10.3. The first kappa shape index (κ1) is 16.3. The molecule has 3 heteroatoms. The van der Waals surface area contributed by atoms with Crippen LogP contribution >= 0.6 is 0 Å². The van der Waals surface area contributed by atoms with Crippen molar-refractivity contribution in [2.45, 2.75) is 39.3 Å². The number of amides is 1. The van der Waals surface area contributed by atoms with Gasteiger partial charge in [-0.25, -0.2) is 0 Å². The first-order valence-corrected chi connectivity index (χ1v) is 6.88. The normalized spacial score (nSPS) is 14.7. The zero-order chi connectivity index (χ0) is 15.1. The third-order valence-corrected chi connectivity index (χ3v) is 3.56. The standard InChI is InChI=1S/C17H23NO2/c1-5-6-10-13(2)17(20)18(4)14(3)16(19)15-11-8-7-9-12-15/h7-9,11-14,16,19H,10H2,1-4H3/t13?,14-,16+/m1/s1. The molecule has 0 aliphatic rings. The molecule has 1 unspecified atom stereocenters. The van der Waals surface area contributed by atoms with Gasteiger partial charge in [0.25, 0.3) is 0 Å². The topological polar surface area (TPSA) is 40.5 Å². The second kappa shape index (κ2) is 7.72. The van der Waals surface area contributed by atoms with Gasteiger partial charge in [0.2, 0.25) is 5.91 Å². The Morgan fingerprint density at radius 2 is 1.90 bits per heavy atom. The lowest BCUT2D eigenvalue weighted by Gasteiger charge is -2.31. The fraction of sp³-hybridized carbons (Fsp3) is 0.471. The Balaban J connectivity index is 2.72. The number of aliphatic hydroxyl groups excluding tert-OH is 1. The highest BCUT2D eigenvalue weighted by atomic mass is 16.3. The molecule has 0 spiro atoms. The van der Waals surface area contributed by atoms with E-state index in [9.17, 15) is 9.90 Å². The van der Waals surface area contributed by atoms with Crippen LogP contribution in [0, 0.1) is 17.8 Å². The van der Waals surface area contributed by atoms with Crippen molar-refractivity contribution in [3.05, 3.63) is 35.9 Å². The number of carbonyl (C=O) groups is 1. The molecule has 0 saturated heterocycles. The van der Waals surface area contributed by atoms with Crippen molar-refractivity contribution in [3.8, 4) is 11.8 Å². The highest BCUT2D eigenvalue weighted by molar-refractivity contribution is 5.78. The summed E-state index contributed by atoms with van der Waals surface area (Å²) in [6, 6.07) is 9.12. The lowest BCUT2D eigenvalue weighted by molar-refractivity contribution is -0.137. The van der Waals surface area contributed by atoms with E-state index < -0.39 is 6.10 Å². The molecule has 1 rings (SSSR count). The lowest BCUT2D eigenvalue weighted by atomic mass is 10.0. The quantitative estimate of drug-likeness (QED) is 0.838. The van der Waals surface area contributed by atoms with Crippen molar-refractivity contribution in [2.24, 2.45) is 5.92 Å². The highest BCUT2D eigenvalue weighted by Gasteiger charge is 2.26. The van der Waals surface area contributed by atoms with Crippen molar-refractivity contribution in [1.82, 2.24) is 4.90 Å². The molecule has 1 aromatic rings. The van der Waals surface area contributed by atoms with E-state index in [4.69, 9.17) is 0 Å². The Hall–Kier alpha value is -1.79. The number of hydrogen-bond acceptors (Lipinski definition) is 2. The number of likely N-dealkylation sites (N-methyl/N-ethyl adjacent to an activating group) is 1. The van der Waals surface area contributed by atoms with Crippen LogP contribution in [0.4, 0.5) is 0 Å². The Morgan fingerprint density at radius 3 is 2.45 bits per heavy atom. The van der Waals surface area contributed by atoms with Gasteiger partial charge in [0, 0.05) is 19.4 Å². The Morgan fingerprint density at radius 1 is 1.30 bits per heavy atom. The predicted molar refractivity (Wildman–Crippen MR) is 80.9 cm³/mol. The maximum absolute atomic E-state index is 12.3. The fourth-order valence-electron chi connectivity index (χ4n) is 2.03. The van der Waals surface area contributed by atoms with E-state index in [0.717, 1.165) is 5.56 Å². The van der Waals surface area contributed by atoms with Gasteiger partial charge in [-0.1, -0.05) is 37.3 Å². The van der Waals surface area contributed by atoms with Gasteiger partial charge in [0.05, 0.1) is 12.1 Å². The van der Waals surface area contributed by atoms with E-state index in [1.165, 1.54) is 0 Å². The van der Waals surface area contributed by atoms with Crippen LogP contribution in [0.3, 0.4) is 0 Å². The molecule has 0 radical (unpaired) electrons. The lowest BCUT2D eigenvalue weighted by Crippen LogP contribution is -2.41. The molecule has 0 bridgehead atoms. The van der Waals surface area contributed by atoms with Crippen LogP contribution < -0.4 is 0 Å². The summed E-state index contributed by atoms with van der Waals surface area (Å²) in [7, 11) is 1.73. The molecule has 0 fully saturated rings. The molecule has 0 saturated carbocycles. The summed E-state index contributed by atoms with van der Waals surface area (Å²) in [5.41, 5.74) is 0.820. The van der Waals surface area contributed by atoms with Crippen molar-refractivity contribution in [2.75, 3.05) is 7.05 Å². The molecule has 0 aliphatic carbocycles. The zero-order valence-electron chi connectivity index (χ0n) is 12.6. The van der Waals surface area contributed by atoms with Crippen molar-refractivity contribution < 1.29 is 9.90 Å². The first-order valence-electron chi connectivity index (χ1n) is 6.88. The summed E-state index contributed by atoms with van der Waals surface area (Å²) < 4.78 is 0. The molecule has 1 N–H and O–H groups in total. The Kier molecular flexibility index (Phi) is 6.27. The molecule has 3 nitrogen and oxygen atoms in total. The minimum absolute atomic E-state index is 0.00947. The number of hydrogen-bond donors (Lipinski definition) is 1. The van der Waals surface area contributed by atoms with E-state index in [1.807, 2.05) is 44.2 Å². The third kappa shape index (κ3) is 4.11. The first-order chi connectivity index (χ1) is 9.49. The van der Waals surface area contributed by atoms with E-state index in [0.29, 0.717) is 6.42 Å². The number of rotatable bonds is 5. The summed E-state index contributed by atoms with van der Waals surface area (Å²) in [5.74, 6) is 5.58. The van der Waals surface area contributed by atoms with Gasteiger partial charge >= 0.3 is 0 Å². The van der Waals surface area contributed by atoms with Crippen LogP contribution in [0.1, 0.15) is 38.9 Å². The third-order valence-electron chi connectivity index (χ3n) is 3.56. The van der Waals surface area contributed by atoms with Gasteiger partial charge in [-0.15, -0.1) is 11.8 Å². The molecule has 0 aliphatic heterocycles. The minimum Gasteiger partial charge on any atom is -0.386 e. The molecular formula is C17H23NO2. The van der Waals surface area contributed by atoms with Gasteiger partial charge in [0.15, 0.2) is 0 Å². The van der Waals surface area contributed by atoms with Crippen LogP contribution in [0.2, 0.25) is 0 Å². The van der Waals surface area contributed by atoms with Crippen LogP contribution in [0.25, 0.3) is 0 Å². The van der Waals surface area contributed by atoms with Crippen LogP contribution in [-0.4, -0.2) is 29.0 Å². The average molecular weight is 273 g/mol.